The normalized spacial score (nSPS) is 22.8. The maximum Gasteiger partial charge on any atom is 0.220 e. The van der Waals surface area contributed by atoms with Crippen LogP contribution in [-0.4, -0.2) is 140 Å². The predicted octanol–water partition coefficient (Wildman–Crippen LogP) is 17.5. The molecule has 0 bridgehead atoms. The van der Waals surface area contributed by atoms with E-state index in [4.69, 9.17) is 18.9 Å². The summed E-state index contributed by atoms with van der Waals surface area (Å²) < 4.78 is 22.9. The van der Waals surface area contributed by atoms with Gasteiger partial charge in [0.2, 0.25) is 5.91 Å². The van der Waals surface area contributed by atoms with Gasteiger partial charge in [-0.1, -0.05) is 336 Å². The first-order valence-electron chi connectivity index (χ1n) is 39.3. The summed E-state index contributed by atoms with van der Waals surface area (Å²) in [4.78, 5) is 13.4. The summed E-state index contributed by atoms with van der Waals surface area (Å²) in [5.74, 6) is -0.240. The van der Waals surface area contributed by atoms with Crippen LogP contribution in [0, 0.1) is 0 Å². The molecule has 0 spiro atoms. The number of hydrogen-bond donors (Lipinski definition) is 9. The summed E-state index contributed by atoms with van der Waals surface area (Å²) in [5, 5.41) is 87.7. The minimum atomic E-state index is -1.79. The largest absolute Gasteiger partial charge is 0.394 e. The Bertz CT molecular complexity index is 1920. The fourth-order valence-electron chi connectivity index (χ4n) is 12.7. The number of nitrogens with one attached hydrogen (secondary N) is 1. The molecule has 14 heteroatoms. The van der Waals surface area contributed by atoms with Crippen molar-refractivity contribution >= 4 is 5.91 Å². The van der Waals surface area contributed by atoms with Crippen molar-refractivity contribution in [2.45, 2.75) is 402 Å². The summed E-state index contributed by atoms with van der Waals surface area (Å²) in [6.07, 6.45) is 73.6. The average Bonchev–Trinajstić information content (AvgIpc) is 0.801. The van der Waals surface area contributed by atoms with Crippen LogP contribution in [0.4, 0.5) is 0 Å². The molecule has 2 saturated heterocycles. The summed E-state index contributed by atoms with van der Waals surface area (Å²) in [7, 11) is 0. The molecule has 14 nitrogen and oxygen atoms in total. The summed E-state index contributed by atoms with van der Waals surface area (Å²) in [6, 6.07) is -0.923. The monoisotopic (exact) mass is 1340 g/mol. The molecule has 0 aromatic rings. The lowest BCUT2D eigenvalue weighted by Gasteiger charge is -2.46. The third kappa shape index (κ3) is 47.8. The molecule has 0 aliphatic carbocycles. The number of carbonyl (C=O) groups excluding carboxylic acids is 1. The smallest absolute Gasteiger partial charge is 0.220 e. The van der Waals surface area contributed by atoms with Crippen molar-refractivity contribution in [2.75, 3.05) is 19.8 Å². The van der Waals surface area contributed by atoms with Crippen LogP contribution in [0.3, 0.4) is 0 Å². The Balaban J connectivity index is 1.64. The standard InChI is InChI=1S/C81H145NO13/c1-3-5-7-9-11-13-15-17-19-21-23-25-27-29-31-33-35-37-39-41-43-45-47-49-51-53-55-57-59-61-63-65-73(86)82-69(68-92-80-78(91)76(89)79(72(67-84)94-80)95-81-77(90)75(88)74(87)71(66-83)93-81)70(85)64-62-60-58-56-54-52-50-48-46-44-42-40-38-36-34-32-30-28-26-24-22-20-18-16-14-12-10-8-6-4-2/h5,7,11,13,17,19,23,25,29,31,35,37,62,64,69-72,74-81,83-85,87-91H,3-4,6,8-10,12,14-16,18,20-22,24,26-28,30,32-34,36,38-61,63,65-68H2,1-2H3,(H,82,86)/b7-5-,13-11-,19-17-,25-23-,31-29-,37-35-,64-62+. The molecule has 12 atom stereocenters. The number of aliphatic hydroxyl groups excluding tert-OH is 8. The molecular weight excluding hydrogens is 1190 g/mol. The van der Waals surface area contributed by atoms with E-state index in [-0.39, 0.29) is 18.9 Å². The summed E-state index contributed by atoms with van der Waals surface area (Å²) >= 11 is 0. The van der Waals surface area contributed by atoms with Gasteiger partial charge < -0.3 is 65.1 Å². The molecule has 9 N–H and O–H groups in total. The van der Waals surface area contributed by atoms with Crippen molar-refractivity contribution in [1.29, 1.82) is 0 Å². The van der Waals surface area contributed by atoms with Crippen molar-refractivity contribution in [3.63, 3.8) is 0 Å². The fraction of sp³-hybridized carbons (Fsp3) is 0.815. The Kier molecular flexibility index (Phi) is 60.0. The lowest BCUT2D eigenvalue weighted by molar-refractivity contribution is -0.359. The molecule has 552 valence electrons. The molecule has 12 unspecified atom stereocenters. The van der Waals surface area contributed by atoms with Crippen LogP contribution in [0.1, 0.15) is 328 Å². The average molecular weight is 1340 g/mol. The first kappa shape index (κ1) is 88.3. The Morgan fingerprint density at radius 3 is 1.12 bits per heavy atom. The van der Waals surface area contributed by atoms with Crippen LogP contribution in [0.5, 0.6) is 0 Å². The Hall–Kier alpha value is -2.83. The zero-order valence-corrected chi connectivity index (χ0v) is 60.4. The van der Waals surface area contributed by atoms with E-state index in [2.05, 4.69) is 92.1 Å². The molecule has 2 aliphatic heterocycles. The van der Waals surface area contributed by atoms with Crippen molar-refractivity contribution in [3.05, 3.63) is 85.1 Å². The van der Waals surface area contributed by atoms with Crippen molar-refractivity contribution in [3.8, 4) is 0 Å². The second-order valence-electron chi connectivity index (χ2n) is 27.5. The molecule has 0 saturated carbocycles. The highest BCUT2D eigenvalue weighted by Crippen LogP contribution is 2.30. The Morgan fingerprint density at radius 2 is 0.726 bits per heavy atom. The van der Waals surface area contributed by atoms with Gasteiger partial charge in [0.15, 0.2) is 12.6 Å². The molecule has 2 rings (SSSR count). The fourth-order valence-corrected chi connectivity index (χ4v) is 12.7. The highest BCUT2D eigenvalue weighted by Gasteiger charge is 2.51. The van der Waals surface area contributed by atoms with Crippen LogP contribution in [-0.2, 0) is 23.7 Å². The highest BCUT2D eigenvalue weighted by atomic mass is 16.7. The number of aliphatic hydroxyl groups is 8. The molecule has 0 aromatic heterocycles. The van der Waals surface area contributed by atoms with E-state index < -0.39 is 86.8 Å². The minimum absolute atomic E-state index is 0.240. The Morgan fingerprint density at radius 1 is 0.389 bits per heavy atom. The predicted molar refractivity (Wildman–Crippen MR) is 392 cm³/mol. The molecule has 95 heavy (non-hydrogen) atoms. The van der Waals surface area contributed by atoms with E-state index in [0.29, 0.717) is 6.42 Å². The van der Waals surface area contributed by atoms with Gasteiger partial charge in [-0.2, -0.15) is 0 Å². The minimum Gasteiger partial charge on any atom is -0.394 e. The number of ether oxygens (including phenoxy) is 4. The molecular formula is C81H145NO13. The van der Waals surface area contributed by atoms with E-state index in [9.17, 15) is 45.6 Å². The van der Waals surface area contributed by atoms with Crippen molar-refractivity contribution < 1.29 is 64.6 Å². The van der Waals surface area contributed by atoms with Gasteiger partial charge in [-0.15, -0.1) is 0 Å². The zero-order valence-electron chi connectivity index (χ0n) is 60.4. The third-order valence-corrected chi connectivity index (χ3v) is 18.8. The highest BCUT2D eigenvalue weighted by molar-refractivity contribution is 5.76. The van der Waals surface area contributed by atoms with Gasteiger partial charge in [0.1, 0.15) is 48.8 Å². The number of allylic oxidation sites excluding steroid dienone is 13. The number of rotatable bonds is 65. The third-order valence-electron chi connectivity index (χ3n) is 18.8. The number of carbonyl (C=O) groups is 1. The summed E-state index contributed by atoms with van der Waals surface area (Å²) in [6.45, 7) is 2.73. The van der Waals surface area contributed by atoms with Crippen molar-refractivity contribution in [1.82, 2.24) is 5.32 Å². The van der Waals surface area contributed by atoms with E-state index in [1.165, 1.54) is 218 Å². The topological polar surface area (TPSA) is 228 Å². The van der Waals surface area contributed by atoms with E-state index in [1.807, 2.05) is 6.08 Å². The maximum absolute atomic E-state index is 13.4. The zero-order chi connectivity index (χ0) is 68.7. The lowest BCUT2D eigenvalue weighted by atomic mass is 9.97. The summed E-state index contributed by atoms with van der Waals surface area (Å²) in [5.41, 5.74) is 0. The second kappa shape index (κ2) is 64.5. The van der Waals surface area contributed by atoms with Gasteiger partial charge in [-0.25, -0.2) is 0 Å². The van der Waals surface area contributed by atoms with Crippen LogP contribution in [0.15, 0.2) is 85.1 Å². The Labute approximate surface area is 580 Å². The van der Waals surface area contributed by atoms with Gasteiger partial charge >= 0.3 is 0 Å². The van der Waals surface area contributed by atoms with Gasteiger partial charge in [0.25, 0.3) is 0 Å². The number of amides is 1. The van der Waals surface area contributed by atoms with Crippen LogP contribution in [0.25, 0.3) is 0 Å². The quantitative estimate of drug-likeness (QED) is 0.0204. The van der Waals surface area contributed by atoms with Gasteiger partial charge in [-0.3, -0.25) is 4.79 Å². The van der Waals surface area contributed by atoms with Gasteiger partial charge in [0, 0.05) is 6.42 Å². The number of unbranched alkanes of at least 4 members (excludes halogenated alkanes) is 40. The molecule has 2 heterocycles. The molecule has 0 aromatic carbocycles. The van der Waals surface area contributed by atoms with Crippen molar-refractivity contribution in [2.24, 2.45) is 0 Å². The second-order valence-corrected chi connectivity index (χ2v) is 27.5. The number of hydrogen-bond acceptors (Lipinski definition) is 13. The molecule has 1 amide bonds. The SMILES string of the molecule is CC/C=C\C/C=C\C/C=C\C/C=C\C/C=C\C/C=C\CCCCCCCCCCCCCCC(=O)NC(COC1OC(CO)C(OC2OC(CO)C(O)C(O)C2O)C(O)C1O)C(O)/C=C/CCCCCCCCCCCCCCCCCCCCCCCCCCCCCC. The van der Waals surface area contributed by atoms with E-state index in [1.54, 1.807) is 6.08 Å². The van der Waals surface area contributed by atoms with Gasteiger partial charge in [0.05, 0.1) is 32.0 Å². The maximum atomic E-state index is 13.4. The lowest BCUT2D eigenvalue weighted by Crippen LogP contribution is -2.65. The molecule has 2 aliphatic rings. The first-order valence-corrected chi connectivity index (χ1v) is 39.3. The van der Waals surface area contributed by atoms with Crippen LogP contribution < -0.4 is 5.32 Å². The van der Waals surface area contributed by atoms with Gasteiger partial charge in [-0.05, 0) is 70.6 Å². The van der Waals surface area contributed by atoms with Crippen LogP contribution >= 0.6 is 0 Å². The molecule has 0 radical (unpaired) electrons. The molecule has 2 fully saturated rings. The van der Waals surface area contributed by atoms with E-state index in [0.717, 1.165) is 83.5 Å². The van der Waals surface area contributed by atoms with Crippen LogP contribution in [0.2, 0.25) is 0 Å². The van der Waals surface area contributed by atoms with E-state index >= 15 is 0 Å². The first-order chi connectivity index (χ1) is 46.6.